The molecule has 1 aromatic carbocycles. The van der Waals surface area contributed by atoms with Gasteiger partial charge in [-0.15, -0.1) is 11.8 Å². The molecule has 0 aliphatic carbocycles. The second-order valence-electron chi connectivity index (χ2n) is 5.17. The molecule has 0 bridgehead atoms. The normalized spacial score (nSPS) is 15.7. The van der Waals surface area contributed by atoms with Crippen molar-refractivity contribution >= 4 is 40.0 Å². The SMILES string of the molecule is Cc1nc(NC(=O)[C@@H]2Cc3cccc(F)c3O2)sc1SCC(N)=O. The second-order valence-corrected chi connectivity index (χ2v) is 7.42. The smallest absolute Gasteiger partial charge is 0.267 e. The van der Waals surface area contributed by atoms with Gasteiger partial charge in [-0.1, -0.05) is 23.5 Å². The Bertz CT molecular complexity index is 809. The van der Waals surface area contributed by atoms with Crippen LogP contribution in [0.15, 0.2) is 22.4 Å². The first-order chi connectivity index (χ1) is 11.4. The third-order valence-corrected chi connectivity index (χ3v) is 5.79. The Morgan fingerprint density at radius 1 is 1.54 bits per heavy atom. The van der Waals surface area contributed by atoms with E-state index in [1.807, 2.05) is 0 Å². The van der Waals surface area contributed by atoms with Crippen LogP contribution in [0, 0.1) is 12.7 Å². The number of halogens is 1. The molecule has 9 heteroatoms. The van der Waals surface area contributed by atoms with Gasteiger partial charge < -0.3 is 10.5 Å². The highest BCUT2D eigenvalue weighted by molar-refractivity contribution is 8.01. The van der Waals surface area contributed by atoms with Crippen LogP contribution in [0.3, 0.4) is 0 Å². The van der Waals surface area contributed by atoms with Gasteiger partial charge in [-0.2, -0.15) is 0 Å². The number of carbonyl (C=O) groups is 2. The highest BCUT2D eigenvalue weighted by Gasteiger charge is 2.31. The van der Waals surface area contributed by atoms with Crippen molar-refractivity contribution in [2.24, 2.45) is 5.73 Å². The molecule has 3 rings (SSSR count). The number of nitrogens with two attached hydrogens (primary N) is 1. The highest BCUT2D eigenvalue weighted by Crippen LogP contribution is 2.34. The standard InChI is InChI=1S/C15H14FN3O3S2/c1-7-14(23-6-11(17)20)24-15(18-7)19-13(21)10-5-8-3-2-4-9(16)12(8)22-10/h2-4,10H,5-6H2,1H3,(H2,17,20)(H,18,19,21)/t10-/m0/s1. The number of benzene rings is 1. The van der Waals surface area contributed by atoms with Gasteiger partial charge in [0.2, 0.25) is 5.91 Å². The molecule has 1 aliphatic heterocycles. The van der Waals surface area contributed by atoms with Gasteiger partial charge in [0.25, 0.3) is 5.91 Å². The Hall–Kier alpha value is -2.13. The Balaban J connectivity index is 1.65. The lowest BCUT2D eigenvalue weighted by Gasteiger charge is -2.09. The third kappa shape index (κ3) is 3.51. The molecule has 3 N–H and O–H groups in total. The number of ether oxygens (including phenoxy) is 1. The van der Waals surface area contributed by atoms with Gasteiger partial charge in [0.1, 0.15) is 0 Å². The van der Waals surface area contributed by atoms with Crippen molar-refractivity contribution in [2.75, 3.05) is 11.1 Å². The third-order valence-electron chi connectivity index (χ3n) is 3.34. The molecule has 0 unspecified atom stereocenters. The molecule has 2 heterocycles. The van der Waals surface area contributed by atoms with Crippen LogP contribution in [0.1, 0.15) is 11.3 Å². The van der Waals surface area contributed by atoms with Crippen LogP contribution >= 0.6 is 23.1 Å². The number of nitrogens with one attached hydrogen (secondary N) is 1. The van der Waals surface area contributed by atoms with Crippen LogP contribution in [0.25, 0.3) is 0 Å². The van der Waals surface area contributed by atoms with Gasteiger partial charge in [0, 0.05) is 12.0 Å². The lowest BCUT2D eigenvalue weighted by molar-refractivity contribution is -0.122. The van der Waals surface area contributed by atoms with Gasteiger partial charge in [0.15, 0.2) is 22.8 Å². The van der Waals surface area contributed by atoms with Gasteiger partial charge in [-0.3, -0.25) is 14.9 Å². The number of aryl methyl sites for hydroxylation is 1. The Morgan fingerprint density at radius 2 is 2.33 bits per heavy atom. The minimum Gasteiger partial charge on any atom is -0.477 e. The summed E-state index contributed by atoms with van der Waals surface area (Å²) < 4.78 is 19.9. The molecule has 126 valence electrons. The molecule has 0 spiro atoms. The van der Waals surface area contributed by atoms with Crippen LogP contribution in [0.5, 0.6) is 5.75 Å². The fourth-order valence-electron chi connectivity index (χ4n) is 2.27. The van der Waals surface area contributed by atoms with Gasteiger partial charge in [-0.05, 0) is 13.0 Å². The predicted octanol–water partition coefficient (Wildman–Crippen LogP) is 2.11. The van der Waals surface area contributed by atoms with Gasteiger partial charge in [-0.25, -0.2) is 9.37 Å². The summed E-state index contributed by atoms with van der Waals surface area (Å²) in [4.78, 5) is 27.4. The molecule has 0 fully saturated rings. The van der Waals surface area contributed by atoms with Crippen LogP contribution in [0.4, 0.5) is 9.52 Å². The first-order valence-corrected chi connectivity index (χ1v) is 8.87. The Kier molecular flexibility index (Phi) is 4.72. The molecule has 2 aromatic rings. The van der Waals surface area contributed by atoms with Gasteiger partial charge >= 0.3 is 0 Å². The van der Waals surface area contributed by atoms with Crippen molar-refractivity contribution in [1.29, 1.82) is 0 Å². The zero-order valence-corrected chi connectivity index (χ0v) is 14.3. The van der Waals surface area contributed by atoms with E-state index < -0.39 is 17.8 Å². The monoisotopic (exact) mass is 367 g/mol. The number of hydrogen-bond donors (Lipinski definition) is 2. The quantitative estimate of drug-likeness (QED) is 0.790. The van der Waals surface area contributed by atoms with Crippen molar-refractivity contribution < 1.29 is 18.7 Å². The topological polar surface area (TPSA) is 94.3 Å². The summed E-state index contributed by atoms with van der Waals surface area (Å²) >= 11 is 2.53. The molecule has 0 radical (unpaired) electrons. The molecule has 1 atom stereocenters. The maximum absolute atomic E-state index is 13.7. The number of para-hydroxylation sites is 1. The molecule has 2 amide bonds. The Labute approximate surface area is 145 Å². The number of carbonyl (C=O) groups excluding carboxylic acids is 2. The first-order valence-electron chi connectivity index (χ1n) is 7.07. The van der Waals surface area contributed by atoms with E-state index in [4.69, 9.17) is 10.5 Å². The number of fused-ring (bicyclic) bond motifs is 1. The molecule has 1 aliphatic rings. The Morgan fingerprint density at radius 3 is 3.04 bits per heavy atom. The van der Waals surface area contributed by atoms with E-state index in [1.54, 1.807) is 19.1 Å². The second kappa shape index (κ2) is 6.78. The van der Waals surface area contributed by atoms with Crippen molar-refractivity contribution in [3.05, 3.63) is 35.3 Å². The molecule has 24 heavy (non-hydrogen) atoms. The lowest BCUT2D eigenvalue weighted by atomic mass is 10.1. The summed E-state index contributed by atoms with van der Waals surface area (Å²) in [5, 5.41) is 3.09. The molecule has 0 saturated carbocycles. The van der Waals surface area contributed by atoms with E-state index in [0.29, 0.717) is 22.8 Å². The summed E-state index contributed by atoms with van der Waals surface area (Å²) in [5.74, 6) is -0.997. The molecular weight excluding hydrogens is 353 g/mol. The summed E-state index contributed by atoms with van der Waals surface area (Å²) in [6.07, 6.45) is -0.477. The molecule has 1 aromatic heterocycles. The molecule has 0 saturated heterocycles. The van der Waals surface area contributed by atoms with Crippen molar-refractivity contribution in [3.8, 4) is 5.75 Å². The average Bonchev–Trinajstić information content (AvgIpc) is 3.10. The maximum Gasteiger partial charge on any atom is 0.267 e. The largest absolute Gasteiger partial charge is 0.477 e. The lowest BCUT2D eigenvalue weighted by Crippen LogP contribution is -2.31. The number of amides is 2. The maximum atomic E-state index is 13.7. The summed E-state index contributed by atoms with van der Waals surface area (Å²) in [6, 6.07) is 4.62. The summed E-state index contributed by atoms with van der Waals surface area (Å²) in [6.45, 7) is 1.78. The van der Waals surface area contributed by atoms with Crippen LogP contribution in [-0.4, -0.2) is 28.7 Å². The van der Waals surface area contributed by atoms with Gasteiger partial charge in [0.05, 0.1) is 15.7 Å². The number of thioether (sulfide) groups is 1. The number of primary amides is 1. The number of rotatable bonds is 5. The number of nitrogens with zero attached hydrogens (tertiary/aromatic N) is 1. The van der Waals surface area contributed by atoms with Crippen LogP contribution < -0.4 is 15.8 Å². The van der Waals surface area contributed by atoms with Crippen molar-refractivity contribution in [1.82, 2.24) is 4.98 Å². The van der Waals surface area contributed by atoms with E-state index in [9.17, 15) is 14.0 Å². The number of hydrogen-bond acceptors (Lipinski definition) is 6. The van der Waals surface area contributed by atoms with E-state index in [-0.39, 0.29) is 17.4 Å². The molecule has 6 nitrogen and oxygen atoms in total. The average molecular weight is 367 g/mol. The first kappa shape index (κ1) is 16.7. The summed E-state index contributed by atoms with van der Waals surface area (Å²) in [5.41, 5.74) is 6.50. The zero-order chi connectivity index (χ0) is 17.3. The summed E-state index contributed by atoms with van der Waals surface area (Å²) in [7, 11) is 0. The zero-order valence-electron chi connectivity index (χ0n) is 12.7. The predicted molar refractivity (Wildman–Crippen MR) is 89.9 cm³/mol. The van der Waals surface area contributed by atoms with E-state index >= 15 is 0 Å². The van der Waals surface area contributed by atoms with Crippen LogP contribution in [0.2, 0.25) is 0 Å². The van der Waals surface area contributed by atoms with Crippen LogP contribution in [-0.2, 0) is 16.0 Å². The van der Waals surface area contributed by atoms with E-state index in [1.165, 1.54) is 29.2 Å². The minimum atomic E-state index is -0.789. The van der Waals surface area contributed by atoms with Crippen molar-refractivity contribution in [3.63, 3.8) is 0 Å². The van der Waals surface area contributed by atoms with E-state index in [2.05, 4.69) is 10.3 Å². The van der Waals surface area contributed by atoms with Crippen molar-refractivity contribution in [2.45, 2.75) is 23.7 Å². The number of aromatic nitrogens is 1. The van der Waals surface area contributed by atoms with E-state index in [0.717, 1.165) is 4.21 Å². The number of anilines is 1. The fourth-order valence-corrected chi connectivity index (χ4v) is 4.15. The fraction of sp³-hybridized carbons (Fsp3) is 0.267. The minimum absolute atomic E-state index is 0.130. The highest BCUT2D eigenvalue weighted by atomic mass is 32.2. The number of thiazole rings is 1. The molecular formula is C15H14FN3O3S2.